The fourth-order valence-electron chi connectivity index (χ4n) is 3.46. The summed E-state index contributed by atoms with van der Waals surface area (Å²) in [6.45, 7) is 0.184. The fourth-order valence-corrected chi connectivity index (χ4v) is 3.46. The second kappa shape index (κ2) is 7.66. The summed E-state index contributed by atoms with van der Waals surface area (Å²) < 4.78 is 19.0. The molecule has 0 heterocycles. The normalized spacial score (nSPS) is 15.8. The van der Waals surface area contributed by atoms with E-state index < -0.39 is 5.41 Å². The number of rotatable bonds is 6. The van der Waals surface area contributed by atoms with Crippen molar-refractivity contribution in [1.29, 1.82) is 0 Å². The van der Waals surface area contributed by atoms with Gasteiger partial charge in [0.25, 0.3) is 0 Å². The third-order valence-corrected chi connectivity index (χ3v) is 4.74. The second-order valence-corrected chi connectivity index (χ2v) is 6.35. The average molecular weight is 343 g/mol. The number of carbonyl (C=O) groups is 1. The highest BCUT2D eigenvalue weighted by Crippen LogP contribution is 2.42. The highest BCUT2D eigenvalue weighted by atomic mass is 19.1. The van der Waals surface area contributed by atoms with E-state index in [4.69, 9.17) is 9.84 Å². The summed E-state index contributed by atoms with van der Waals surface area (Å²) in [6.07, 6.45) is 3.36. The lowest BCUT2D eigenvalue weighted by atomic mass is 9.78. The summed E-state index contributed by atoms with van der Waals surface area (Å²) in [6, 6.07) is 13.4. The summed E-state index contributed by atoms with van der Waals surface area (Å²) in [5.74, 6) is 0.217. The van der Waals surface area contributed by atoms with Crippen molar-refractivity contribution in [2.45, 2.75) is 31.1 Å². The first-order chi connectivity index (χ1) is 12.1. The molecular weight excluding hydrogens is 321 g/mol. The van der Waals surface area contributed by atoms with Crippen molar-refractivity contribution in [3.05, 3.63) is 59.9 Å². The molecule has 2 N–H and O–H groups in total. The minimum Gasteiger partial charge on any atom is -0.491 e. The van der Waals surface area contributed by atoms with E-state index in [0.29, 0.717) is 11.4 Å². The third kappa shape index (κ3) is 3.82. The van der Waals surface area contributed by atoms with Gasteiger partial charge in [-0.1, -0.05) is 25.0 Å². The topological polar surface area (TPSA) is 58.6 Å². The summed E-state index contributed by atoms with van der Waals surface area (Å²) >= 11 is 0. The number of benzene rings is 2. The van der Waals surface area contributed by atoms with E-state index >= 15 is 0 Å². The predicted octanol–water partition coefficient (Wildman–Crippen LogP) is 3.65. The van der Waals surface area contributed by atoms with Crippen molar-refractivity contribution in [3.63, 3.8) is 0 Å². The number of hydrogen-bond acceptors (Lipinski definition) is 3. The molecule has 0 aromatic heterocycles. The van der Waals surface area contributed by atoms with E-state index in [2.05, 4.69) is 5.32 Å². The molecule has 3 rings (SSSR count). The SMILES string of the molecule is O=C(Nc1ccc(OCCO)cc1)C1(c2cccc(F)c2)CCCC1. The molecule has 0 spiro atoms. The minimum absolute atomic E-state index is 0.0470. The highest BCUT2D eigenvalue weighted by molar-refractivity contribution is 5.99. The van der Waals surface area contributed by atoms with Gasteiger partial charge < -0.3 is 15.2 Å². The molecule has 1 fully saturated rings. The predicted molar refractivity (Wildman–Crippen MR) is 94.2 cm³/mol. The second-order valence-electron chi connectivity index (χ2n) is 6.35. The molecule has 132 valence electrons. The summed E-state index contributed by atoms with van der Waals surface area (Å²) in [4.78, 5) is 13.0. The van der Waals surface area contributed by atoms with Gasteiger partial charge in [-0.2, -0.15) is 0 Å². The minimum atomic E-state index is -0.672. The van der Waals surface area contributed by atoms with Crippen molar-refractivity contribution in [1.82, 2.24) is 0 Å². The van der Waals surface area contributed by atoms with Crippen molar-refractivity contribution < 1.29 is 19.0 Å². The van der Waals surface area contributed by atoms with Crippen molar-refractivity contribution in [3.8, 4) is 5.75 Å². The molecule has 0 radical (unpaired) electrons. The number of anilines is 1. The standard InChI is InChI=1S/C20H22FNO3/c21-16-5-3-4-15(14-16)20(10-1-2-11-20)19(24)22-17-6-8-18(9-7-17)25-13-12-23/h3-9,14,23H,1-2,10-13H2,(H,22,24). The molecule has 0 bridgehead atoms. The van der Waals surface area contributed by atoms with E-state index in [1.165, 1.54) is 12.1 Å². The molecule has 1 saturated carbocycles. The Labute approximate surface area is 146 Å². The molecule has 0 saturated heterocycles. The smallest absolute Gasteiger partial charge is 0.235 e. The molecule has 0 atom stereocenters. The van der Waals surface area contributed by atoms with E-state index in [1.54, 1.807) is 30.3 Å². The Hall–Kier alpha value is -2.40. The molecule has 2 aromatic rings. The number of amides is 1. The number of aliphatic hydroxyl groups excluding tert-OH is 1. The number of aliphatic hydroxyl groups is 1. The van der Waals surface area contributed by atoms with Crippen LogP contribution in [-0.2, 0) is 10.2 Å². The number of halogens is 1. The van der Waals surface area contributed by atoms with Crippen LogP contribution in [0.25, 0.3) is 0 Å². The Kier molecular flexibility index (Phi) is 5.34. The molecule has 5 heteroatoms. The van der Waals surface area contributed by atoms with Gasteiger partial charge in [0.2, 0.25) is 5.91 Å². The van der Waals surface area contributed by atoms with Crippen LogP contribution in [0.15, 0.2) is 48.5 Å². The first kappa shape index (κ1) is 17.4. The van der Waals surface area contributed by atoms with Gasteiger partial charge in [0, 0.05) is 5.69 Å². The largest absolute Gasteiger partial charge is 0.491 e. The quantitative estimate of drug-likeness (QED) is 0.842. The van der Waals surface area contributed by atoms with Gasteiger partial charge in [-0.25, -0.2) is 4.39 Å². The molecule has 0 aliphatic heterocycles. The number of ether oxygens (including phenoxy) is 1. The zero-order valence-electron chi connectivity index (χ0n) is 14.0. The van der Waals surface area contributed by atoms with Gasteiger partial charge >= 0.3 is 0 Å². The van der Waals surface area contributed by atoms with Crippen LogP contribution in [0.4, 0.5) is 10.1 Å². The Balaban J connectivity index is 1.78. The van der Waals surface area contributed by atoms with Gasteiger partial charge in [-0.3, -0.25) is 4.79 Å². The number of nitrogens with one attached hydrogen (secondary N) is 1. The van der Waals surface area contributed by atoms with Crippen molar-refractivity contribution in [2.75, 3.05) is 18.5 Å². The molecule has 0 unspecified atom stereocenters. The number of carbonyl (C=O) groups excluding carboxylic acids is 1. The van der Waals surface area contributed by atoms with Crippen LogP contribution in [0.2, 0.25) is 0 Å². The Morgan fingerprint density at radius 3 is 2.52 bits per heavy atom. The summed E-state index contributed by atoms with van der Waals surface area (Å²) in [5, 5.41) is 11.7. The molecule has 25 heavy (non-hydrogen) atoms. The Bertz CT molecular complexity index is 724. The van der Waals surface area contributed by atoms with Crippen LogP contribution >= 0.6 is 0 Å². The zero-order valence-corrected chi connectivity index (χ0v) is 14.0. The molecular formula is C20H22FNO3. The highest BCUT2D eigenvalue weighted by Gasteiger charge is 2.42. The van der Waals surface area contributed by atoms with Crippen molar-refractivity contribution >= 4 is 11.6 Å². The average Bonchev–Trinajstić information content (AvgIpc) is 3.12. The molecule has 2 aromatic carbocycles. The maximum absolute atomic E-state index is 13.7. The van der Waals surface area contributed by atoms with E-state index in [0.717, 1.165) is 31.2 Å². The molecule has 1 aliphatic carbocycles. The fraction of sp³-hybridized carbons (Fsp3) is 0.350. The van der Waals surface area contributed by atoms with Gasteiger partial charge in [0.05, 0.1) is 12.0 Å². The van der Waals surface area contributed by atoms with Gasteiger partial charge in [0.15, 0.2) is 0 Å². The van der Waals surface area contributed by atoms with Crippen LogP contribution < -0.4 is 10.1 Å². The van der Waals surface area contributed by atoms with Crippen LogP contribution in [0.3, 0.4) is 0 Å². The summed E-state index contributed by atoms with van der Waals surface area (Å²) in [5.41, 5.74) is 0.739. The molecule has 1 aliphatic rings. The van der Waals surface area contributed by atoms with Gasteiger partial charge in [-0.15, -0.1) is 0 Å². The Morgan fingerprint density at radius 1 is 1.16 bits per heavy atom. The maximum atomic E-state index is 13.7. The Morgan fingerprint density at radius 2 is 1.88 bits per heavy atom. The lowest BCUT2D eigenvalue weighted by Crippen LogP contribution is -2.38. The molecule has 4 nitrogen and oxygen atoms in total. The van der Waals surface area contributed by atoms with Gasteiger partial charge in [0.1, 0.15) is 18.2 Å². The zero-order chi connectivity index (χ0) is 17.7. The van der Waals surface area contributed by atoms with Crippen LogP contribution in [-0.4, -0.2) is 24.2 Å². The summed E-state index contributed by atoms with van der Waals surface area (Å²) in [7, 11) is 0. The molecule has 1 amide bonds. The maximum Gasteiger partial charge on any atom is 0.235 e. The first-order valence-electron chi connectivity index (χ1n) is 8.55. The third-order valence-electron chi connectivity index (χ3n) is 4.74. The van der Waals surface area contributed by atoms with Crippen LogP contribution in [0, 0.1) is 5.82 Å². The van der Waals surface area contributed by atoms with Crippen LogP contribution in [0.5, 0.6) is 5.75 Å². The van der Waals surface area contributed by atoms with E-state index in [-0.39, 0.29) is 24.9 Å². The lowest BCUT2D eigenvalue weighted by molar-refractivity contribution is -0.121. The van der Waals surface area contributed by atoms with E-state index in [9.17, 15) is 9.18 Å². The first-order valence-corrected chi connectivity index (χ1v) is 8.55. The lowest BCUT2D eigenvalue weighted by Gasteiger charge is -2.28. The van der Waals surface area contributed by atoms with Crippen LogP contribution in [0.1, 0.15) is 31.2 Å². The van der Waals surface area contributed by atoms with E-state index in [1.807, 2.05) is 6.07 Å². The number of hydrogen-bond donors (Lipinski definition) is 2. The van der Waals surface area contributed by atoms with Crippen molar-refractivity contribution in [2.24, 2.45) is 0 Å². The van der Waals surface area contributed by atoms with Gasteiger partial charge in [-0.05, 0) is 54.8 Å². The monoisotopic (exact) mass is 343 g/mol.